The van der Waals surface area contributed by atoms with Crippen LogP contribution in [0.25, 0.3) is 0 Å². The standard InChI is InChI=1S/C17H19BrO3/c1-11-8-13(12(2)19)4-6-16(11)21-10-14-9-15(18)5-7-17(14)20-3/h4-9,12,19H,10H2,1-3H3. The summed E-state index contributed by atoms with van der Waals surface area (Å²) in [6.07, 6.45) is -0.470. The highest BCUT2D eigenvalue weighted by Gasteiger charge is 2.08. The van der Waals surface area contributed by atoms with Gasteiger partial charge in [0.05, 0.1) is 13.2 Å². The van der Waals surface area contributed by atoms with Crippen LogP contribution in [0.15, 0.2) is 40.9 Å². The first-order chi connectivity index (χ1) is 10.0. The molecule has 1 unspecified atom stereocenters. The maximum atomic E-state index is 9.58. The van der Waals surface area contributed by atoms with Crippen molar-refractivity contribution in [2.24, 2.45) is 0 Å². The lowest BCUT2D eigenvalue weighted by Gasteiger charge is -2.14. The third-order valence-electron chi connectivity index (χ3n) is 3.31. The van der Waals surface area contributed by atoms with Crippen molar-refractivity contribution in [2.45, 2.75) is 26.6 Å². The molecule has 2 rings (SSSR count). The number of ether oxygens (including phenoxy) is 2. The van der Waals surface area contributed by atoms with E-state index in [1.165, 1.54) is 0 Å². The molecule has 0 amide bonds. The fraction of sp³-hybridized carbons (Fsp3) is 0.294. The van der Waals surface area contributed by atoms with Gasteiger partial charge >= 0.3 is 0 Å². The van der Waals surface area contributed by atoms with Crippen LogP contribution in [-0.2, 0) is 6.61 Å². The molecule has 0 aromatic heterocycles. The molecule has 1 atom stereocenters. The van der Waals surface area contributed by atoms with Crippen LogP contribution in [0.2, 0.25) is 0 Å². The molecule has 0 aliphatic rings. The minimum atomic E-state index is -0.470. The summed E-state index contributed by atoms with van der Waals surface area (Å²) in [4.78, 5) is 0. The zero-order valence-corrected chi connectivity index (χ0v) is 14.0. The first-order valence-corrected chi connectivity index (χ1v) is 7.54. The van der Waals surface area contributed by atoms with Crippen molar-refractivity contribution in [3.8, 4) is 11.5 Å². The second-order valence-corrected chi connectivity index (χ2v) is 5.86. The van der Waals surface area contributed by atoms with E-state index in [-0.39, 0.29) is 0 Å². The van der Waals surface area contributed by atoms with Crippen molar-refractivity contribution in [2.75, 3.05) is 7.11 Å². The molecule has 1 N–H and O–H groups in total. The molecule has 0 aliphatic carbocycles. The van der Waals surface area contributed by atoms with Gasteiger partial charge in [0.25, 0.3) is 0 Å². The summed E-state index contributed by atoms with van der Waals surface area (Å²) in [5, 5.41) is 9.58. The van der Waals surface area contributed by atoms with Gasteiger partial charge in [-0.3, -0.25) is 0 Å². The molecule has 0 radical (unpaired) electrons. The van der Waals surface area contributed by atoms with Crippen LogP contribution in [0, 0.1) is 6.92 Å². The van der Waals surface area contributed by atoms with Crippen molar-refractivity contribution >= 4 is 15.9 Å². The largest absolute Gasteiger partial charge is 0.496 e. The summed E-state index contributed by atoms with van der Waals surface area (Å²) in [6, 6.07) is 11.5. The predicted octanol–water partition coefficient (Wildman–Crippen LogP) is 4.40. The predicted molar refractivity (Wildman–Crippen MR) is 86.8 cm³/mol. The minimum absolute atomic E-state index is 0.428. The van der Waals surface area contributed by atoms with Crippen LogP contribution in [0.1, 0.15) is 29.7 Å². The number of rotatable bonds is 5. The second kappa shape index (κ2) is 6.96. The van der Waals surface area contributed by atoms with Crippen LogP contribution in [0.5, 0.6) is 11.5 Å². The smallest absolute Gasteiger partial charge is 0.125 e. The lowest BCUT2D eigenvalue weighted by atomic mass is 10.1. The van der Waals surface area contributed by atoms with E-state index in [9.17, 15) is 5.11 Å². The maximum absolute atomic E-state index is 9.58. The number of hydrogen-bond donors (Lipinski definition) is 1. The van der Waals surface area contributed by atoms with E-state index in [1.807, 2.05) is 43.3 Å². The highest BCUT2D eigenvalue weighted by molar-refractivity contribution is 9.10. The third kappa shape index (κ3) is 3.99. The Kier molecular flexibility index (Phi) is 5.26. The Labute approximate surface area is 133 Å². The molecule has 0 heterocycles. The Bertz CT molecular complexity index is 623. The van der Waals surface area contributed by atoms with Gasteiger partial charge in [-0.1, -0.05) is 22.0 Å². The molecule has 0 saturated heterocycles. The Balaban J connectivity index is 2.15. The van der Waals surface area contributed by atoms with Crippen LogP contribution >= 0.6 is 15.9 Å². The van der Waals surface area contributed by atoms with Gasteiger partial charge in [0.15, 0.2) is 0 Å². The lowest BCUT2D eigenvalue weighted by Crippen LogP contribution is -2.01. The minimum Gasteiger partial charge on any atom is -0.496 e. The van der Waals surface area contributed by atoms with Crippen molar-refractivity contribution in [3.05, 3.63) is 57.6 Å². The van der Waals surface area contributed by atoms with Gasteiger partial charge in [-0.2, -0.15) is 0 Å². The van der Waals surface area contributed by atoms with Gasteiger partial charge < -0.3 is 14.6 Å². The van der Waals surface area contributed by atoms with E-state index in [2.05, 4.69) is 15.9 Å². The molecule has 21 heavy (non-hydrogen) atoms. The normalized spacial score (nSPS) is 12.0. The molecule has 0 saturated carbocycles. The third-order valence-corrected chi connectivity index (χ3v) is 3.80. The Morgan fingerprint density at radius 2 is 1.86 bits per heavy atom. The average molecular weight is 351 g/mol. The molecular weight excluding hydrogens is 332 g/mol. The van der Waals surface area contributed by atoms with E-state index in [0.29, 0.717) is 6.61 Å². The molecule has 0 bridgehead atoms. The van der Waals surface area contributed by atoms with Crippen molar-refractivity contribution in [1.29, 1.82) is 0 Å². The van der Waals surface area contributed by atoms with E-state index in [4.69, 9.17) is 9.47 Å². The Hall–Kier alpha value is -1.52. The number of aliphatic hydroxyl groups is 1. The summed E-state index contributed by atoms with van der Waals surface area (Å²) in [6.45, 7) is 4.15. The number of hydrogen-bond acceptors (Lipinski definition) is 3. The monoisotopic (exact) mass is 350 g/mol. The van der Waals surface area contributed by atoms with Crippen LogP contribution in [0.4, 0.5) is 0 Å². The summed E-state index contributed by atoms with van der Waals surface area (Å²) in [5.74, 6) is 1.61. The zero-order chi connectivity index (χ0) is 15.4. The van der Waals surface area contributed by atoms with Gasteiger partial charge in [0, 0.05) is 10.0 Å². The van der Waals surface area contributed by atoms with Crippen molar-refractivity contribution in [1.82, 2.24) is 0 Å². The second-order valence-electron chi connectivity index (χ2n) is 4.95. The van der Waals surface area contributed by atoms with Crippen LogP contribution < -0.4 is 9.47 Å². The van der Waals surface area contributed by atoms with Crippen molar-refractivity contribution < 1.29 is 14.6 Å². The van der Waals surface area contributed by atoms with E-state index >= 15 is 0 Å². The van der Waals surface area contributed by atoms with E-state index < -0.39 is 6.10 Å². The first-order valence-electron chi connectivity index (χ1n) is 6.75. The van der Waals surface area contributed by atoms with E-state index in [1.54, 1.807) is 14.0 Å². The molecule has 0 aliphatic heterocycles. The molecule has 112 valence electrons. The number of methoxy groups -OCH3 is 1. The molecule has 2 aromatic rings. The lowest BCUT2D eigenvalue weighted by molar-refractivity contribution is 0.199. The Morgan fingerprint density at radius 1 is 1.14 bits per heavy atom. The highest BCUT2D eigenvalue weighted by atomic mass is 79.9. The van der Waals surface area contributed by atoms with Gasteiger partial charge in [0.2, 0.25) is 0 Å². The molecular formula is C17H19BrO3. The Morgan fingerprint density at radius 3 is 2.48 bits per heavy atom. The first kappa shape index (κ1) is 15.9. The molecule has 4 heteroatoms. The van der Waals surface area contributed by atoms with Crippen LogP contribution in [0.3, 0.4) is 0 Å². The van der Waals surface area contributed by atoms with E-state index in [0.717, 1.165) is 32.7 Å². The average Bonchev–Trinajstić information content (AvgIpc) is 2.46. The topological polar surface area (TPSA) is 38.7 Å². The molecule has 0 fully saturated rings. The summed E-state index contributed by atoms with van der Waals surface area (Å²) >= 11 is 3.45. The van der Waals surface area contributed by atoms with Gasteiger partial charge in [0.1, 0.15) is 18.1 Å². The maximum Gasteiger partial charge on any atom is 0.125 e. The summed E-state index contributed by atoms with van der Waals surface area (Å²) in [7, 11) is 1.65. The zero-order valence-electron chi connectivity index (χ0n) is 12.4. The number of halogens is 1. The number of aryl methyl sites for hydroxylation is 1. The summed E-state index contributed by atoms with van der Waals surface area (Å²) in [5.41, 5.74) is 2.87. The van der Waals surface area contributed by atoms with Gasteiger partial charge in [-0.15, -0.1) is 0 Å². The fourth-order valence-electron chi connectivity index (χ4n) is 2.11. The molecule has 3 nitrogen and oxygen atoms in total. The quantitative estimate of drug-likeness (QED) is 0.868. The SMILES string of the molecule is COc1ccc(Br)cc1COc1ccc(C(C)O)cc1C. The van der Waals surface area contributed by atoms with Gasteiger partial charge in [-0.25, -0.2) is 0 Å². The summed E-state index contributed by atoms with van der Waals surface area (Å²) < 4.78 is 12.2. The number of aliphatic hydroxyl groups excluding tert-OH is 1. The van der Waals surface area contributed by atoms with Crippen molar-refractivity contribution in [3.63, 3.8) is 0 Å². The number of benzene rings is 2. The highest BCUT2D eigenvalue weighted by Crippen LogP contribution is 2.27. The molecule has 0 spiro atoms. The molecule has 2 aromatic carbocycles. The fourth-order valence-corrected chi connectivity index (χ4v) is 2.52. The van der Waals surface area contributed by atoms with Crippen LogP contribution in [-0.4, -0.2) is 12.2 Å². The van der Waals surface area contributed by atoms with Gasteiger partial charge in [-0.05, 0) is 55.3 Å².